The molecule has 1 heterocycles. The minimum atomic E-state index is -1.03. The summed E-state index contributed by atoms with van der Waals surface area (Å²) in [7, 11) is 0. The van der Waals surface area contributed by atoms with Crippen LogP contribution in [0, 0.1) is 0 Å². The maximum Gasteiger partial charge on any atom is 0.349 e. The Morgan fingerprint density at radius 2 is 2.10 bits per heavy atom. The van der Waals surface area contributed by atoms with Gasteiger partial charge in [0, 0.05) is 18.0 Å². The molecule has 0 aliphatic carbocycles. The molecule has 0 spiro atoms. The molecule has 0 saturated carbocycles. The molecule has 21 heavy (non-hydrogen) atoms. The largest absolute Gasteiger partial charge is 0.482 e. The first kappa shape index (κ1) is 17.2. The highest BCUT2D eigenvalue weighted by atomic mass is 32.1. The fraction of sp³-hybridized carbons (Fsp3) is 0.467. The van der Waals surface area contributed by atoms with Gasteiger partial charge in [-0.05, 0) is 26.3 Å². The predicted octanol–water partition coefficient (Wildman–Crippen LogP) is 2.81. The summed E-state index contributed by atoms with van der Waals surface area (Å²) < 4.78 is 5.42. The van der Waals surface area contributed by atoms with Crippen molar-refractivity contribution in [2.75, 3.05) is 19.7 Å². The van der Waals surface area contributed by atoms with Crippen molar-refractivity contribution in [3.63, 3.8) is 0 Å². The lowest BCUT2D eigenvalue weighted by atomic mass is 10.3. The molecule has 6 heteroatoms. The zero-order valence-electron chi connectivity index (χ0n) is 12.6. The van der Waals surface area contributed by atoms with Gasteiger partial charge in [-0.25, -0.2) is 4.79 Å². The van der Waals surface area contributed by atoms with Gasteiger partial charge in [0.1, 0.15) is 5.75 Å². The van der Waals surface area contributed by atoms with E-state index in [1.165, 1.54) is 11.3 Å². The monoisotopic (exact) mass is 311 g/mol. The van der Waals surface area contributed by atoms with E-state index in [1.54, 1.807) is 11.0 Å². The van der Waals surface area contributed by atoms with Crippen molar-refractivity contribution >= 4 is 23.2 Å². The molecule has 0 unspecified atom stereocenters. The molecule has 0 saturated heterocycles. The van der Waals surface area contributed by atoms with Gasteiger partial charge in [-0.15, -0.1) is 11.3 Å². The normalized spacial score (nSPS) is 10.2. The first-order valence-corrected chi connectivity index (χ1v) is 7.61. The average molecular weight is 311 g/mol. The Balaban J connectivity index is 2.74. The highest BCUT2D eigenvalue weighted by Gasteiger charge is 2.18. The molecule has 0 aromatic carbocycles. The molecule has 0 atom stereocenters. The summed E-state index contributed by atoms with van der Waals surface area (Å²) in [6.45, 7) is 10.3. The molecule has 1 N–H and O–H groups in total. The minimum Gasteiger partial charge on any atom is -0.482 e. The Labute approximate surface area is 128 Å². The quantitative estimate of drug-likeness (QED) is 0.750. The molecule has 0 bridgehead atoms. The van der Waals surface area contributed by atoms with Crippen molar-refractivity contribution in [3.05, 3.63) is 28.0 Å². The maximum absolute atomic E-state index is 12.1. The molecule has 1 aromatic rings. The van der Waals surface area contributed by atoms with Gasteiger partial charge in [0.15, 0.2) is 11.5 Å². The lowest BCUT2D eigenvalue weighted by molar-refractivity contribution is -0.132. The van der Waals surface area contributed by atoms with E-state index in [0.717, 1.165) is 16.9 Å². The molecular formula is C15H21NO4S. The van der Waals surface area contributed by atoms with E-state index in [-0.39, 0.29) is 23.1 Å². The number of aromatic carboxylic acids is 1. The zero-order chi connectivity index (χ0) is 16.0. The van der Waals surface area contributed by atoms with Crippen LogP contribution in [0.5, 0.6) is 5.75 Å². The van der Waals surface area contributed by atoms with Gasteiger partial charge in [-0.2, -0.15) is 0 Å². The van der Waals surface area contributed by atoms with E-state index in [9.17, 15) is 9.59 Å². The molecule has 5 nitrogen and oxygen atoms in total. The molecular weight excluding hydrogens is 290 g/mol. The zero-order valence-corrected chi connectivity index (χ0v) is 13.5. The fourth-order valence-electron chi connectivity index (χ4n) is 1.79. The van der Waals surface area contributed by atoms with E-state index >= 15 is 0 Å². The standard InChI is InChI=1S/C15H21NO4S/c1-5-11-7-12(14(21-11)15(18)19)20-9-13(17)16(6-2)8-10(3)4/h7H,3,5-6,8-9H2,1-2,4H3,(H,18,19). The number of nitrogens with zero attached hydrogens (tertiary/aromatic N) is 1. The Hall–Kier alpha value is -1.82. The van der Waals surface area contributed by atoms with Crippen LogP contribution in [0.3, 0.4) is 0 Å². The SMILES string of the molecule is C=C(C)CN(CC)C(=O)COc1cc(CC)sc1C(=O)O. The maximum atomic E-state index is 12.1. The summed E-state index contributed by atoms with van der Waals surface area (Å²) in [4.78, 5) is 25.9. The second kappa shape index (κ2) is 7.83. The second-order valence-electron chi connectivity index (χ2n) is 4.72. The van der Waals surface area contributed by atoms with Gasteiger partial charge < -0.3 is 14.7 Å². The number of ether oxygens (including phenoxy) is 1. The van der Waals surface area contributed by atoms with Gasteiger partial charge in [-0.1, -0.05) is 19.1 Å². The number of carbonyl (C=O) groups is 2. The Morgan fingerprint density at radius 1 is 1.43 bits per heavy atom. The van der Waals surface area contributed by atoms with Crippen LogP contribution < -0.4 is 4.74 Å². The van der Waals surface area contributed by atoms with Crippen LogP contribution in [0.25, 0.3) is 0 Å². The predicted molar refractivity (Wildman–Crippen MR) is 83.2 cm³/mol. The first-order valence-electron chi connectivity index (χ1n) is 6.79. The number of amides is 1. The van der Waals surface area contributed by atoms with Gasteiger partial charge in [0.25, 0.3) is 5.91 Å². The van der Waals surface area contributed by atoms with Crippen LogP contribution >= 0.6 is 11.3 Å². The number of hydrogen-bond donors (Lipinski definition) is 1. The average Bonchev–Trinajstić information content (AvgIpc) is 2.85. The number of carboxylic acids is 1. The number of likely N-dealkylation sites (N-methyl/N-ethyl adjacent to an activating group) is 1. The summed E-state index contributed by atoms with van der Waals surface area (Å²) >= 11 is 1.18. The number of hydrogen-bond acceptors (Lipinski definition) is 4. The molecule has 0 aliphatic rings. The Kier molecular flexibility index (Phi) is 6.42. The highest BCUT2D eigenvalue weighted by molar-refractivity contribution is 7.14. The van der Waals surface area contributed by atoms with Gasteiger partial charge >= 0.3 is 5.97 Å². The Morgan fingerprint density at radius 3 is 2.57 bits per heavy atom. The molecule has 1 rings (SSSR count). The van der Waals surface area contributed by atoms with E-state index < -0.39 is 5.97 Å². The fourth-order valence-corrected chi connectivity index (χ4v) is 2.66. The molecule has 116 valence electrons. The van der Waals surface area contributed by atoms with Crippen LogP contribution in [0.15, 0.2) is 18.2 Å². The molecule has 0 radical (unpaired) electrons. The third kappa shape index (κ3) is 4.90. The number of thiophene rings is 1. The van der Waals surface area contributed by atoms with Crippen molar-refractivity contribution < 1.29 is 19.4 Å². The Bertz CT molecular complexity index is 536. The number of carboxylic acid groups (broad SMARTS) is 1. The summed E-state index contributed by atoms with van der Waals surface area (Å²) in [5.41, 5.74) is 0.889. The molecule has 1 amide bonds. The lowest BCUT2D eigenvalue weighted by Gasteiger charge is -2.20. The van der Waals surface area contributed by atoms with Gasteiger partial charge in [0.05, 0.1) is 0 Å². The van der Waals surface area contributed by atoms with Crippen molar-refractivity contribution in [1.29, 1.82) is 0 Å². The summed E-state index contributed by atoms with van der Waals surface area (Å²) in [6, 6.07) is 1.69. The van der Waals surface area contributed by atoms with Crippen LogP contribution in [0.4, 0.5) is 0 Å². The lowest BCUT2D eigenvalue weighted by Crippen LogP contribution is -2.35. The van der Waals surface area contributed by atoms with E-state index in [4.69, 9.17) is 9.84 Å². The third-order valence-electron chi connectivity index (χ3n) is 2.84. The van der Waals surface area contributed by atoms with Crippen LogP contribution in [-0.4, -0.2) is 41.6 Å². The van der Waals surface area contributed by atoms with Crippen molar-refractivity contribution in [1.82, 2.24) is 4.90 Å². The minimum absolute atomic E-state index is 0.141. The van der Waals surface area contributed by atoms with Crippen molar-refractivity contribution in [3.8, 4) is 5.75 Å². The van der Waals surface area contributed by atoms with Crippen molar-refractivity contribution in [2.24, 2.45) is 0 Å². The third-order valence-corrected chi connectivity index (χ3v) is 4.09. The van der Waals surface area contributed by atoms with E-state index in [2.05, 4.69) is 6.58 Å². The van der Waals surface area contributed by atoms with Gasteiger partial charge in [0.2, 0.25) is 0 Å². The van der Waals surface area contributed by atoms with E-state index in [0.29, 0.717) is 13.1 Å². The highest BCUT2D eigenvalue weighted by Crippen LogP contribution is 2.29. The van der Waals surface area contributed by atoms with Crippen LogP contribution in [-0.2, 0) is 11.2 Å². The summed E-state index contributed by atoms with van der Waals surface area (Å²) in [6.07, 6.45) is 0.735. The second-order valence-corrected chi connectivity index (χ2v) is 5.86. The summed E-state index contributed by atoms with van der Waals surface area (Å²) in [5, 5.41) is 9.14. The first-order chi connectivity index (χ1) is 9.88. The topological polar surface area (TPSA) is 66.8 Å². The van der Waals surface area contributed by atoms with Gasteiger partial charge in [-0.3, -0.25) is 4.79 Å². The number of rotatable bonds is 8. The summed E-state index contributed by atoms with van der Waals surface area (Å²) in [5.74, 6) is -0.943. The van der Waals surface area contributed by atoms with Crippen LogP contribution in [0.2, 0.25) is 0 Å². The number of carbonyl (C=O) groups excluding carboxylic acids is 1. The molecule has 0 aliphatic heterocycles. The van der Waals surface area contributed by atoms with Crippen LogP contribution in [0.1, 0.15) is 35.3 Å². The molecule has 0 fully saturated rings. The van der Waals surface area contributed by atoms with E-state index in [1.807, 2.05) is 20.8 Å². The van der Waals surface area contributed by atoms with Crippen molar-refractivity contribution in [2.45, 2.75) is 27.2 Å². The molecule has 1 aromatic heterocycles. The smallest absolute Gasteiger partial charge is 0.349 e. The number of aryl methyl sites for hydroxylation is 1.